The number of hydrogen-bond acceptors (Lipinski definition) is 2. The molecule has 0 saturated carbocycles. The zero-order valence-electron chi connectivity index (χ0n) is 15.8. The van der Waals surface area contributed by atoms with Gasteiger partial charge in [0.1, 0.15) is 5.82 Å². The molecule has 0 unspecified atom stereocenters. The molecule has 7 heteroatoms. The minimum absolute atomic E-state index is 0. The van der Waals surface area contributed by atoms with E-state index in [9.17, 15) is 9.18 Å². The fraction of sp³-hybridized carbons (Fsp3) is 0.300. The van der Waals surface area contributed by atoms with Gasteiger partial charge in [0.05, 0.1) is 0 Å². The van der Waals surface area contributed by atoms with Crippen molar-refractivity contribution in [3.63, 3.8) is 0 Å². The second-order valence-electron chi connectivity index (χ2n) is 5.97. The van der Waals surface area contributed by atoms with Crippen molar-refractivity contribution >= 4 is 35.8 Å². The van der Waals surface area contributed by atoms with E-state index in [4.69, 9.17) is 0 Å². The lowest BCUT2D eigenvalue weighted by Gasteiger charge is -2.12. The van der Waals surface area contributed by atoms with Crippen LogP contribution in [0.2, 0.25) is 0 Å². The van der Waals surface area contributed by atoms with Crippen molar-refractivity contribution in [3.05, 3.63) is 70.5 Å². The van der Waals surface area contributed by atoms with Crippen molar-refractivity contribution in [2.24, 2.45) is 4.99 Å². The number of benzene rings is 2. The normalized spacial score (nSPS) is 10.7. The molecule has 0 atom stereocenters. The standard InChI is InChI=1S/C20H25FN4O.HI/c1-14-7-8-16(12-18(14)21)13-25-20(23-3)24-10-9-15-5-4-6-17(11-15)19(26)22-2;/h4-8,11-12H,9-10,13H2,1-3H3,(H,22,26)(H2,23,24,25);1H. The molecule has 0 aliphatic rings. The van der Waals surface area contributed by atoms with Crippen molar-refractivity contribution in [3.8, 4) is 0 Å². The molecule has 146 valence electrons. The van der Waals surface area contributed by atoms with Crippen molar-refractivity contribution in [2.75, 3.05) is 20.6 Å². The van der Waals surface area contributed by atoms with E-state index in [2.05, 4.69) is 20.9 Å². The van der Waals surface area contributed by atoms with Crippen molar-refractivity contribution in [1.29, 1.82) is 0 Å². The minimum atomic E-state index is -0.205. The molecule has 0 spiro atoms. The number of rotatable bonds is 6. The number of halogens is 2. The van der Waals surface area contributed by atoms with E-state index in [1.165, 1.54) is 6.07 Å². The van der Waals surface area contributed by atoms with Crippen LogP contribution in [-0.4, -0.2) is 32.5 Å². The topological polar surface area (TPSA) is 65.5 Å². The maximum Gasteiger partial charge on any atom is 0.251 e. The molecule has 0 radical (unpaired) electrons. The van der Waals surface area contributed by atoms with Crippen LogP contribution < -0.4 is 16.0 Å². The summed E-state index contributed by atoms with van der Waals surface area (Å²) in [6, 6.07) is 12.7. The highest BCUT2D eigenvalue weighted by Gasteiger charge is 2.05. The summed E-state index contributed by atoms with van der Waals surface area (Å²) in [7, 11) is 3.31. The summed E-state index contributed by atoms with van der Waals surface area (Å²) in [5, 5.41) is 9.01. The lowest BCUT2D eigenvalue weighted by atomic mass is 10.1. The number of guanidine groups is 1. The van der Waals surface area contributed by atoms with E-state index < -0.39 is 0 Å². The number of aryl methyl sites for hydroxylation is 1. The lowest BCUT2D eigenvalue weighted by molar-refractivity contribution is 0.0963. The monoisotopic (exact) mass is 484 g/mol. The number of nitrogens with one attached hydrogen (secondary N) is 3. The fourth-order valence-corrected chi connectivity index (χ4v) is 2.49. The van der Waals surface area contributed by atoms with E-state index >= 15 is 0 Å². The molecule has 2 rings (SSSR count). The highest BCUT2D eigenvalue weighted by Crippen LogP contribution is 2.09. The molecule has 0 heterocycles. The van der Waals surface area contributed by atoms with Crippen LogP contribution in [0.15, 0.2) is 47.5 Å². The molecule has 5 nitrogen and oxygen atoms in total. The molecule has 2 aromatic rings. The van der Waals surface area contributed by atoms with Crippen LogP contribution in [0.5, 0.6) is 0 Å². The van der Waals surface area contributed by atoms with Gasteiger partial charge in [-0.1, -0.05) is 24.3 Å². The minimum Gasteiger partial charge on any atom is -0.356 e. The van der Waals surface area contributed by atoms with E-state index in [1.807, 2.05) is 24.3 Å². The van der Waals surface area contributed by atoms with Crippen LogP contribution in [0, 0.1) is 12.7 Å². The third kappa shape index (κ3) is 7.16. The van der Waals surface area contributed by atoms with Gasteiger partial charge in [-0.25, -0.2) is 4.39 Å². The van der Waals surface area contributed by atoms with Gasteiger partial charge in [-0.3, -0.25) is 9.79 Å². The zero-order chi connectivity index (χ0) is 18.9. The van der Waals surface area contributed by atoms with Crippen LogP contribution in [-0.2, 0) is 13.0 Å². The molecule has 2 aromatic carbocycles. The molecular formula is C20H26FIN4O. The molecule has 0 fully saturated rings. The van der Waals surface area contributed by atoms with Gasteiger partial charge < -0.3 is 16.0 Å². The average Bonchev–Trinajstić information content (AvgIpc) is 2.66. The molecule has 0 aliphatic heterocycles. The second kappa shape index (κ2) is 11.5. The van der Waals surface area contributed by atoms with Gasteiger partial charge in [0.2, 0.25) is 0 Å². The Morgan fingerprint density at radius 3 is 2.56 bits per heavy atom. The number of carbonyl (C=O) groups is 1. The number of nitrogens with zero attached hydrogens (tertiary/aromatic N) is 1. The van der Waals surface area contributed by atoms with Crippen LogP contribution in [0.4, 0.5) is 4.39 Å². The summed E-state index contributed by atoms with van der Waals surface area (Å²) < 4.78 is 13.6. The van der Waals surface area contributed by atoms with Gasteiger partial charge in [0, 0.05) is 32.7 Å². The summed E-state index contributed by atoms with van der Waals surface area (Å²) in [5.41, 5.74) is 3.20. The van der Waals surface area contributed by atoms with E-state index in [0.29, 0.717) is 30.2 Å². The fourth-order valence-electron chi connectivity index (χ4n) is 2.49. The molecule has 0 aliphatic carbocycles. The van der Waals surface area contributed by atoms with Gasteiger partial charge in [0.15, 0.2) is 5.96 Å². The van der Waals surface area contributed by atoms with Gasteiger partial charge in [-0.15, -0.1) is 24.0 Å². The Morgan fingerprint density at radius 1 is 1.11 bits per heavy atom. The van der Waals surface area contributed by atoms with E-state index in [0.717, 1.165) is 17.5 Å². The number of amides is 1. The Hall–Kier alpha value is -2.16. The summed E-state index contributed by atoms with van der Waals surface area (Å²) in [5.74, 6) is 0.347. The summed E-state index contributed by atoms with van der Waals surface area (Å²) in [6.45, 7) is 2.90. The van der Waals surface area contributed by atoms with Gasteiger partial charge in [-0.05, 0) is 48.2 Å². The molecule has 0 saturated heterocycles. The smallest absolute Gasteiger partial charge is 0.251 e. The van der Waals surface area contributed by atoms with Crippen LogP contribution in [0.25, 0.3) is 0 Å². The quantitative estimate of drug-likeness (QED) is 0.336. The Kier molecular flexibility index (Phi) is 9.77. The zero-order valence-corrected chi connectivity index (χ0v) is 18.1. The molecular weight excluding hydrogens is 458 g/mol. The van der Waals surface area contributed by atoms with Gasteiger partial charge in [0.25, 0.3) is 5.91 Å². The molecule has 27 heavy (non-hydrogen) atoms. The van der Waals surface area contributed by atoms with Crippen molar-refractivity contribution < 1.29 is 9.18 Å². The highest BCUT2D eigenvalue weighted by atomic mass is 127. The van der Waals surface area contributed by atoms with Crippen molar-refractivity contribution in [2.45, 2.75) is 19.9 Å². The molecule has 1 amide bonds. The summed E-state index contributed by atoms with van der Waals surface area (Å²) >= 11 is 0. The Labute approximate surface area is 176 Å². The Morgan fingerprint density at radius 2 is 1.89 bits per heavy atom. The van der Waals surface area contributed by atoms with Gasteiger partial charge >= 0.3 is 0 Å². The highest BCUT2D eigenvalue weighted by molar-refractivity contribution is 14.0. The third-order valence-corrected chi connectivity index (χ3v) is 4.04. The summed E-state index contributed by atoms with van der Waals surface area (Å²) in [6.07, 6.45) is 0.755. The molecule has 0 bridgehead atoms. The first-order valence-corrected chi connectivity index (χ1v) is 8.54. The average molecular weight is 484 g/mol. The first-order chi connectivity index (χ1) is 12.5. The maximum absolute atomic E-state index is 13.6. The lowest BCUT2D eigenvalue weighted by Crippen LogP contribution is -2.37. The Balaban J connectivity index is 0.00000364. The molecule has 0 aromatic heterocycles. The first kappa shape index (κ1) is 22.9. The van der Waals surface area contributed by atoms with Crippen LogP contribution >= 0.6 is 24.0 Å². The van der Waals surface area contributed by atoms with E-state index in [1.54, 1.807) is 33.2 Å². The predicted octanol–water partition coefficient (Wildman–Crippen LogP) is 3.02. The maximum atomic E-state index is 13.6. The second-order valence-corrected chi connectivity index (χ2v) is 5.97. The SMILES string of the molecule is CN=C(NCCc1cccc(C(=O)NC)c1)NCc1ccc(C)c(F)c1.I. The van der Waals surface area contributed by atoms with Crippen molar-refractivity contribution in [1.82, 2.24) is 16.0 Å². The molecule has 3 N–H and O–H groups in total. The van der Waals surface area contributed by atoms with Gasteiger partial charge in [-0.2, -0.15) is 0 Å². The summed E-state index contributed by atoms with van der Waals surface area (Å²) in [4.78, 5) is 15.8. The number of hydrogen-bond donors (Lipinski definition) is 3. The Bertz CT molecular complexity index is 795. The third-order valence-electron chi connectivity index (χ3n) is 4.04. The van der Waals surface area contributed by atoms with E-state index in [-0.39, 0.29) is 35.7 Å². The number of aliphatic imine (C=N–C) groups is 1. The number of carbonyl (C=O) groups excluding carboxylic acids is 1. The van der Waals surface area contributed by atoms with Crippen LogP contribution in [0.3, 0.4) is 0 Å². The largest absolute Gasteiger partial charge is 0.356 e. The predicted molar refractivity (Wildman–Crippen MR) is 118 cm³/mol. The van der Waals surface area contributed by atoms with Crippen LogP contribution in [0.1, 0.15) is 27.0 Å². The first-order valence-electron chi connectivity index (χ1n) is 8.54.